The molecule has 2 atom stereocenters. The van der Waals surface area contributed by atoms with E-state index in [1.165, 1.54) is 250 Å². The molecule has 400 valence electrons. The lowest BCUT2D eigenvalue weighted by Crippen LogP contribution is -2.45. The standard InChI is InChI=1S/C62H117NO5/c1-3-5-7-9-11-13-15-32-36-40-44-48-52-56-62(67)68-57-53-49-45-41-37-34-31-29-27-25-23-21-19-17-16-18-20-22-24-26-28-30-33-35-39-43-47-51-55-61(66)63-59(58-64)60(65)54-50-46-42-38-14-12-10-8-6-4-2/h13,15-17,50,54,59-60,64-65H,3-12,14,18-49,51-53,55-58H2,1-2H3,(H,63,66)/b15-13-,17-16-,54-50+. The summed E-state index contributed by atoms with van der Waals surface area (Å²) in [6.07, 6.45) is 71.9. The van der Waals surface area contributed by atoms with E-state index in [1.54, 1.807) is 6.08 Å². The summed E-state index contributed by atoms with van der Waals surface area (Å²) < 4.78 is 5.47. The van der Waals surface area contributed by atoms with Gasteiger partial charge in [0.25, 0.3) is 0 Å². The van der Waals surface area contributed by atoms with Crippen LogP contribution >= 0.6 is 0 Å². The number of allylic oxidation sites excluding steroid dienone is 5. The van der Waals surface area contributed by atoms with Gasteiger partial charge in [-0.15, -0.1) is 0 Å². The summed E-state index contributed by atoms with van der Waals surface area (Å²) in [5.74, 6) is -0.0637. The predicted octanol–water partition coefficient (Wildman–Crippen LogP) is 18.8. The van der Waals surface area contributed by atoms with Crippen molar-refractivity contribution in [3.63, 3.8) is 0 Å². The molecule has 0 radical (unpaired) electrons. The van der Waals surface area contributed by atoms with Crippen LogP contribution in [0.15, 0.2) is 36.5 Å². The Morgan fingerprint density at radius 3 is 1.06 bits per heavy atom. The van der Waals surface area contributed by atoms with Crippen LogP contribution in [0.25, 0.3) is 0 Å². The van der Waals surface area contributed by atoms with E-state index in [9.17, 15) is 19.8 Å². The third kappa shape index (κ3) is 53.4. The minimum atomic E-state index is -0.842. The Hall–Kier alpha value is -1.92. The molecule has 6 nitrogen and oxygen atoms in total. The Balaban J connectivity index is 3.37. The summed E-state index contributed by atoms with van der Waals surface area (Å²) in [4.78, 5) is 24.4. The summed E-state index contributed by atoms with van der Waals surface area (Å²) in [5.41, 5.74) is 0. The second-order valence-corrected chi connectivity index (χ2v) is 20.7. The number of amides is 1. The molecule has 0 aliphatic heterocycles. The average molecular weight is 957 g/mol. The van der Waals surface area contributed by atoms with Gasteiger partial charge < -0.3 is 20.3 Å². The number of ether oxygens (including phenoxy) is 1. The molecule has 0 rings (SSSR count). The number of nitrogens with one attached hydrogen (secondary N) is 1. The molecule has 0 aromatic carbocycles. The van der Waals surface area contributed by atoms with Gasteiger partial charge in [-0.2, -0.15) is 0 Å². The van der Waals surface area contributed by atoms with E-state index in [2.05, 4.69) is 43.5 Å². The van der Waals surface area contributed by atoms with Gasteiger partial charge >= 0.3 is 5.97 Å². The highest BCUT2D eigenvalue weighted by Crippen LogP contribution is 2.16. The van der Waals surface area contributed by atoms with Crippen molar-refractivity contribution in [2.75, 3.05) is 13.2 Å². The predicted molar refractivity (Wildman–Crippen MR) is 296 cm³/mol. The number of esters is 1. The molecule has 0 saturated carbocycles. The van der Waals surface area contributed by atoms with E-state index >= 15 is 0 Å². The monoisotopic (exact) mass is 956 g/mol. The fraction of sp³-hybridized carbons (Fsp3) is 0.871. The number of hydrogen-bond donors (Lipinski definition) is 3. The molecule has 0 aliphatic rings. The second-order valence-electron chi connectivity index (χ2n) is 20.7. The molecule has 0 aliphatic carbocycles. The Labute approximate surface area is 424 Å². The van der Waals surface area contributed by atoms with Crippen LogP contribution in [-0.2, 0) is 14.3 Å². The first-order valence-corrected chi connectivity index (χ1v) is 30.3. The van der Waals surface area contributed by atoms with E-state index < -0.39 is 12.1 Å². The molecule has 0 heterocycles. The van der Waals surface area contributed by atoms with E-state index in [4.69, 9.17) is 4.74 Å². The van der Waals surface area contributed by atoms with Gasteiger partial charge in [-0.3, -0.25) is 9.59 Å². The number of unbranched alkanes of at least 4 members (excludes halogenated alkanes) is 41. The summed E-state index contributed by atoms with van der Waals surface area (Å²) in [6, 6.07) is -0.626. The quantitative estimate of drug-likeness (QED) is 0.0321. The van der Waals surface area contributed by atoms with Crippen LogP contribution < -0.4 is 5.32 Å². The van der Waals surface area contributed by atoms with Crippen molar-refractivity contribution in [2.24, 2.45) is 0 Å². The van der Waals surface area contributed by atoms with Crippen LogP contribution in [0.2, 0.25) is 0 Å². The second kappa shape index (κ2) is 57.7. The number of rotatable bonds is 56. The maximum atomic E-state index is 12.4. The molecule has 0 aromatic heterocycles. The average Bonchev–Trinajstić information content (AvgIpc) is 3.34. The smallest absolute Gasteiger partial charge is 0.305 e. The molecule has 68 heavy (non-hydrogen) atoms. The first-order chi connectivity index (χ1) is 33.5. The van der Waals surface area contributed by atoms with E-state index in [0.29, 0.717) is 19.4 Å². The van der Waals surface area contributed by atoms with Gasteiger partial charge in [0, 0.05) is 12.8 Å². The molecule has 3 N–H and O–H groups in total. The van der Waals surface area contributed by atoms with Gasteiger partial charge in [-0.25, -0.2) is 0 Å². The van der Waals surface area contributed by atoms with Crippen LogP contribution in [0.5, 0.6) is 0 Å². The highest BCUT2D eigenvalue weighted by atomic mass is 16.5. The first kappa shape index (κ1) is 66.1. The lowest BCUT2D eigenvalue weighted by Gasteiger charge is -2.20. The summed E-state index contributed by atoms with van der Waals surface area (Å²) in [5, 5.41) is 23.0. The fourth-order valence-corrected chi connectivity index (χ4v) is 9.21. The van der Waals surface area contributed by atoms with Crippen molar-refractivity contribution in [1.82, 2.24) is 5.32 Å². The zero-order valence-electron chi connectivity index (χ0n) is 45.6. The minimum Gasteiger partial charge on any atom is -0.466 e. The minimum absolute atomic E-state index is 0.00588. The molecule has 0 fully saturated rings. The van der Waals surface area contributed by atoms with E-state index in [1.807, 2.05) is 6.08 Å². The SMILES string of the molecule is CCCCCC/C=C\CCCCCCCC(=O)OCCCCCCCCCCCCCC/C=C\CCCCCCCCCCCCCCC(=O)NC(CO)C(O)/C=C/CCCCCCCCCC. The van der Waals surface area contributed by atoms with Crippen molar-refractivity contribution in [2.45, 2.75) is 334 Å². The topological polar surface area (TPSA) is 95.9 Å². The Morgan fingerprint density at radius 1 is 0.397 bits per heavy atom. The van der Waals surface area contributed by atoms with Gasteiger partial charge in [0.05, 0.1) is 25.4 Å². The third-order valence-corrected chi connectivity index (χ3v) is 13.9. The van der Waals surface area contributed by atoms with Crippen molar-refractivity contribution in [3.05, 3.63) is 36.5 Å². The van der Waals surface area contributed by atoms with Crippen molar-refractivity contribution in [3.8, 4) is 0 Å². The Bertz CT molecular complexity index is 1100. The van der Waals surface area contributed by atoms with Crippen LogP contribution in [0, 0.1) is 0 Å². The molecular formula is C62H117NO5. The highest BCUT2D eigenvalue weighted by Gasteiger charge is 2.18. The van der Waals surface area contributed by atoms with Gasteiger partial charge in [-0.05, 0) is 83.5 Å². The Kier molecular flexibility index (Phi) is 56.0. The van der Waals surface area contributed by atoms with Crippen molar-refractivity contribution < 1.29 is 24.5 Å². The maximum absolute atomic E-state index is 12.4. The first-order valence-electron chi connectivity index (χ1n) is 30.3. The lowest BCUT2D eigenvalue weighted by atomic mass is 10.0. The van der Waals surface area contributed by atoms with E-state index in [0.717, 1.165) is 44.9 Å². The molecule has 0 saturated heterocycles. The van der Waals surface area contributed by atoms with Crippen molar-refractivity contribution in [1.29, 1.82) is 0 Å². The van der Waals surface area contributed by atoms with Crippen LogP contribution in [0.4, 0.5) is 0 Å². The largest absolute Gasteiger partial charge is 0.466 e. The molecule has 0 spiro atoms. The van der Waals surface area contributed by atoms with Crippen molar-refractivity contribution >= 4 is 11.9 Å². The summed E-state index contributed by atoms with van der Waals surface area (Å²) in [6.45, 7) is 4.87. The lowest BCUT2D eigenvalue weighted by molar-refractivity contribution is -0.143. The molecule has 2 unspecified atom stereocenters. The van der Waals surface area contributed by atoms with Crippen LogP contribution in [-0.4, -0.2) is 47.4 Å². The molecule has 0 bridgehead atoms. The zero-order chi connectivity index (χ0) is 49.3. The molecule has 0 aromatic rings. The fourth-order valence-electron chi connectivity index (χ4n) is 9.21. The highest BCUT2D eigenvalue weighted by molar-refractivity contribution is 5.76. The van der Waals surface area contributed by atoms with Gasteiger partial charge in [-0.1, -0.05) is 262 Å². The number of hydrogen-bond acceptors (Lipinski definition) is 5. The normalized spacial score (nSPS) is 12.8. The summed E-state index contributed by atoms with van der Waals surface area (Å²) >= 11 is 0. The molecular weight excluding hydrogens is 839 g/mol. The number of carbonyl (C=O) groups is 2. The number of aliphatic hydroxyl groups excluding tert-OH is 2. The summed E-state index contributed by atoms with van der Waals surface area (Å²) in [7, 11) is 0. The van der Waals surface area contributed by atoms with E-state index in [-0.39, 0.29) is 18.5 Å². The number of aliphatic hydroxyl groups is 2. The van der Waals surface area contributed by atoms with Gasteiger partial charge in [0.2, 0.25) is 5.91 Å². The number of carbonyl (C=O) groups excluding carboxylic acids is 2. The van der Waals surface area contributed by atoms with Crippen LogP contribution in [0.3, 0.4) is 0 Å². The molecule has 1 amide bonds. The Morgan fingerprint density at radius 2 is 0.691 bits per heavy atom. The van der Waals surface area contributed by atoms with Gasteiger partial charge in [0.15, 0.2) is 0 Å². The third-order valence-electron chi connectivity index (χ3n) is 13.9. The van der Waals surface area contributed by atoms with Gasteiger partial charge in [0.1, 0.15) is 0 Å². The molecule has 6 heteroatoms. The van der Waals surface area contributed by atoms with Crippen LogP contribution in [0.1, 0.15) is 322 Å². The zero-order valence-corrected chi connectivity index (χ0v) is 45.6. The maximum Gasteiger partial charge on any atom is 0.305 e.